The van der Waals surface area contributed by atoms with E-state index in [0.29, 0.717) is 38.3 Å². The predicted molar refractivity (Wildman–Crippen MR) is 137 cm³/mol. The molecule has 0 unspecified atom stereocenters. The van der Waals surface area contributed by atoms with Crippen LogP contribution in [0.1, 0.15) is 33.9 Å². The molecule has 0 radical (unpaired) electrons. The topological polar surface area (TPSA) is 59.7 Å². The van der Waals surface area contributed by atoms with E-state index in [1.165, 1.54) is 12.1 Å². The van der Waals surface area contributed by atoms with E-state index >= 15 is 0 Å². The van der Waals surface area contributed by atoms with E-state index in [1.807, 2.05) is 58.5 Å². The highest BCUT2D eigenvalue weighted by molar-refractivity contribution is 6.01. The van der Waals surface area contributed by atoms with E-state index in [0.717, 1.165) is 27.7 Å². The summed E-state index contributed by atoms with van der Waals surface area (Å²) < 4.78 is 13.2. The number of aromatic amines is 1. The van der Waals surface area contributed by atoms with Crippen LogP contribution in [0.2, 0.25) is 0 Å². The summed E-state index contributed by atoms with van der Waals surface area (Å²) >= 11 is 0. The van der Waals surface area contributed by atoms with E-state index in [2.05, 4.69) is 16.0 Å². The van der Waals surface area contributed by atoms with Crippen LogP contribution in [0, 0.1) is 5.82 Å². The van der Waals surface area contributed by atoms with Gasteiger partial charge in [-0.1, -0.05) is 36.4 Å². The number of hydrogen-bond donors (Lipinski definition) is 1. The first-order valence-corrected chi connectivity index (χ1v) is 12.3. The second-order valence-electron chi connectivity index (χ2n) is 9.37. The first-order valence-electron chi connectivity index (χ1n) is 12.3. The molecule has 3 heterocycles. The van der Waals surface area contributed by atoms with Crippen molar-refractivity contribution >= 4 is 28.4 Å². The van der Waals surface area contributed by atoms with E-state index in [1.54, 1.807) is 12.1 Å². The number of hydrogen-bond acceptors (Lipinski definition) is 3. The number of nitrogens with one attached hydrogen (secondary N) is 1. The van der Waals surface area contributed by atoms with Crippen LogP contribution in [0.5, 0.6) is 0 Å². The van der Waals surface area contributed by atoms with Gasteiger partial charge in [-0.2, -0.15) is 0 Å². The van der Waals surface area contributed by atoms with Gasteiger partial charge < -0.3 is 19.7 Å². The van der Waals surface area contributed by atoms with Crippen LogP contribution in [0.25, 0.3) is 10.9 Å². The Hall–Kier alpha value is -4.13. The van der Waals surface area contributed by atoms with Crippen molar-refractivity contribution in [2.45, 2.75) is 12.5 Å². The molecule has 1 atom stereocenters. The van der Waals surface area contributed by atoms with Gasteiger partial charge in [-0.25, -0.2) is 4.39 Å². The largest absolute Gasteiger partial charge is 0.368 e. The fourth-order valence-corrected chi connectivity index (χ4v) is 5.50. The van der Waals surface area contributed by atoms with E-state index in [4.69, 9.17) is 0 Å². The molecule has 2 aliphatic heterocycles. The van der Waals surface area contributed by atoms with Gasteiger partial charge in [0.2, 0.25) is 5.91 Å². The van der Waals surface area contributed by atoms with E-state index in [-0.39, 0.29) is 30.1 Å². The first kappa shape index (κ1) is 22.3. The Morgan fingerprint density at radius 3 is 2.42 bits per heavy atom. The molecule has 1 aromatic heterocycles. The molecule has 2 aliphatic rings. The van der Waals surface area contributed by atoms with Crippen molar-refractivity contribution in [2.24, 2.45) is 0 Å². The van der Waals surface area contributed by atoms with Gasteiger partial charge in [-0.05, 0) is 42.0 Å². The molecule has 0 spiro atoms. The Kier molecular flexibility index (Phi) is 5.68. The number of amides is 2. The molecule has 6 nitrogen and oxygen atoms in total. The van der Waals surface area contributed by atoms with Gasteiger partial charge in [-0.3, -0.25) is 9.59 Å². The standard InChI is InChI=1S/C29H27FN4O2/c30-20-9-11-21(12-10-20)32-15-17-33(18-16-32)27(35)13-14-34-28(23-6-1-2-7-24(23)29(34)36)25-19-31-26-8-4-3-5-22(25)26/h1-12,19,28,31H,13-18H2/t28-/m0/s1. The molecule has 1 saturated heterocycles. The fourth-order valence-electron chi connectivity index (χ4n) is 5.50. The zero-order valence-electron chi connectivity index (χ0n) is 19.9. The van der Waals surface area contributed by atoms with Crippen LogP contribution in [-0.4, -0.2) is 59.3 Å². The van der Waals surface area contributed by atoms with E-state index in [9.17, 15) is 14.0 Å². The second-order valence-corrected chi connectivity index (χ2v) is 9.37. The number of para-hydroxylation sites is 1. The summed E-state index contributed by atoms with van der Waals surface area (Å²) in [5.41, 5.74) is 4.72. The molecule has 0 saturated carbocycles. The van der Waals surface area contributed by atoms with Crippen molar-refractivity contribution in [2.75, 3.05) is 37.6 Å². The van der Waals surface area contributed by atoms with Crippen LogP contribution in [-0.2, 0) is 4.79 Å². The van der Waals surface area contributed by atoms with Crippen LogP contribution < -0.4 is 4.90 Å². The highest BCUT2D eigenvalue weighted by Gasteiger charge is 2.38. The molecule has 3 aromatic carbocycles. The number of fused-ring (bicyclic) bond motifs is 2. The third-order valence-electron chi connectivity index (χ3n) is 7.36. The lowest BCUT2D eigenvalue weighted by Crippen LogP contribution is -2.49. The minimum Gasteiger partial charge on any atom is -0.368 e. The number of anilines is 1. The molecule has 182 valence electrons. The predicted octanol–water partition coefficient (Wildman–Crippen LogP) is 4.59. The molecule has 36 heavy (non-hydrogen) atoms. The highest BCUT2D eigenvalue weighted by atomic mass is 19.1. The Balaban J connectivity index is 1.17. The van der Waals surface area contributed by atoms with Crippen molar-refractivity contribution in [1.29, 1.82) is 0 Å². The fraction of sp³-hybridized carbons (Fsp3) is 0.241. The number of rotatable bonds is 5. The van der Waals surface area contributed by atoms with Gasteiger partial charge in [0.1, 0.15) is 5.82 Å². The number of carbonyl (C=O) groups is 2. The Bertz CT molecular complexity index is 1420. The monoisotopic (exact) mass is 482 g/mol. The van der Waals surface area contributed by atoms with Crippen molar-refractivity contribution < 1.29 is 14.0 Å². The summed E-state index contributed by atoms with van der Waals surface area (Å²) in [5, 5.41) is 1.08. The normalized spacial score (nSPS) is 17.6. The molecule has 2 amide bonds. The lowest BCUT2D eigenvalue weighted by molar-refractivity contribution is -0.131. The SMILES string of the molecule is O=C(CCN1C(=O)c2ccccc2[C@H]1c1c[nH]c2ccccc12)N1CCN(c2ccc(F)cc2)CC1. The molecule has 0 bridgehead atoms. The molecular formula is C29H27FN4O2. The third-order valence-corrected chi connectivity index (χ3v) is 7.36. The van der Waals surface area contributed by atoms with Gasteiger partial charge >= 0.3 is 0 Å². The molecule has 0 aliphatic carbocycles. The van der Waals surface area contributed by atoms with Gasteiger partial charge in [0.05, 0.1) is 6.04 Å². The Morgan fingerprint density at radius 2 is 1.61 bits per heavy atom. The maximum atomic E-state index is 13.4. The number of H-pyrrole nitrogens is 1. The molecule has 1 N–H and O–H groups in total. The quantitative estimate of drug-likeness (QED) is 0.453. The zero-order valence-corrected chi connectivity index (χ0v) is 19.9. The lowest BCUT2D eigenvalue weighted by atomic mass is 9.97. The minimum atomic E-state index is -0.253. The second kappa shape index (κ2) is 9.15. The molecule has 1 fully saturated rings. The smallest absolute Gasteiger partial charge is 0.255 e. The van der Waals surface area contributed by atoms with Crippen molar-refractivity contribution in [1.82, 2.24) is 14.8 Å². The number of halogens is 1. The van der Waals surface area contributed by atoms with E-state index < -0.39 is 0 Å². The van der Waals surface area contributed by atoms with Crippen molar-refractivity contribution in [3.05, 3.63) is 102 Å². The van der Waals surface area contributed by atoms with Crippen LogP contribution >= 0.6 is 0 Å². The highest BCUT2D eigenvalue weighted by Crippen LogP contribution is 2.41. The Labute approximate surface area is 208 Å². The number of aromatic nitrogens is 1. The summed E-state index contributed by atoms with van der Waals surface area (Å²) in [6, 6.07) is 22.1. The lowest BCUT2D eigenvalue weighted by Gasteiger charge is -2.36. The Morgan fingerprint density at radius 1 is 0.889 bits per heavy atom. The van der Waals surface area contributed by atoms with Gasteiger partial charge in [0.25, 0.3) is 5.91 Å². The van der Waals surface area contributed by atoms with Gasteiger partial charge in [-0.15, -0.1) is 0 Å². The molecule has 7 heteroatoms. The number of nitrogens with zero attached hydrogens (tertiary/aromatic N) is 3. The summed E-state index contributed by atoms with van der Waals surface area (Å²) in [6.45, 7) is 2.97. The third kappa shape index (κ3) is 3.90. The van der Waals surface area contributed by atoms with Crippen molar-refractivity contribution in [3.63, 3.8) is 0 Å². The average molecular weight is 483 g/mol. The molecule has 6 rings (SSSR count). The van der Waals surface area contributed by atoms with Crippen LogP contribution in [0.15, 0.2) is 79.0 Å². The van der Waals surface area contributed by atoms with Gasteiger partial charge in [0, 0.05) is 73.1 Å². The number of carbonyl (C=O) groups excluding carboxylic acids is 2. The molecular weight excluding hydrogens is 455 g/mol. The van der Waals surface area contributed by atoms with Crippen LogP contribution in [0.3, 0.4) is 0 Å². The van der Waals surface area contributed by atoms with Gasteiger partial charge in [0.15, 0.2) is 0 Å². The first-order chi connectivity index (χ1) is 17.6. The summed E-state index contributed by atoms with van der Waals surface area (Å²) in [4.78, 5) is 35.8. The number of benzene rings is 3. The van der Waals surface area contributed by atoms with Crippen LogP contribution in [0.4, 0.5) is 10.1 Å². The summed E-state index contributed by atoms with van der Waals surface area (Å²) in [5.74, 6) is -0.234. The number of piperazine rings is 1. The maximum absolute atomic E-state index is 13.4. The average Bonchev–Trinajstić information content (AvgIpc) is 3.46. The maximum Gasteiger partial charge on any atom is 0.255 e. The zero-order chi connectivity index (χ0) is 24.6. The summed E-state index contributed by atoms with van der Waals surface area (Å²) in [7, 11) is 0. The minimum absolute atomic E-state index is 0.0326. The van der Waals surface area contributed by atoms with Crippen molar-refractivity contribution in [3.8, 4) is 0 Å². The summed E-state index contributed by atoms with van der Waals surface area (Å²) in [6.07, 6.45) is 2.25. The molecule has 4 aromatic rings.